The van der Waals surface area contributed by atoms with E-state index in [2.05, 4.69) is 39.7 Å². The Bertz CT molecular complexity index is 104. The van der Waals surface area contributed by atoms with Crippen LogP contribution < -0.4 is 5.32 Å². The number of rotatable bonds is 6. The maximum atomic E-state index is 3.34. The van der Waals surface area contributed by atoms with Crippen LogP contribution in [0.3, 0.4) is 0 Å². The topological polar surface area (TPSA) is 15.3 Å². The molecule has 3 heteroatoms. The van der Waals surface area contributed by atoms with E-state index in [1.165, 1.54) is 25.9 Å². The van der Waals surface area contributed by atoms with E-state index in [1.54, 1.807) is 0 Å². The molecule has 0 atom stereocenters. The van der Waals surface area contributed by atoms with Gasteiger partial charge in [-0.25, -0.2) is 0 Å². The van der Waals surface area contributed by atoms with Gasteiger partial charge < -0.3 is 5.32 Å². The average Bonchev–Trinajstić information content (AvgIpc) is 2.81. The number of nitrogens with zero attached hydrogens (tertiary/aromatic N) is 1. The van der Waals surface area contributed by atoms with Crippen molar-refractivity contribution in [2.75, 3.05) is 24.2 Å². The molecule has 66 valence electrons. The van der Waals surface area contributed by atoms with Crippen molar-refractivity contribution in [3.63, 3.8) is 0 Å². The van der Waals surface area contributed by atoms with E-state index >= 15 is 0 Å². The maximum absolute atomic E-state index is 3.34. The number of hydrogen-bond acceptors (Lipinski definition) is 2. The Morgan fingerprint density at radius 2 is 2.27 bits per heavy atom. The highest BCUT2D eigenvalue weighted by Gasteiger charge is 2.26. The molecule has 0 aromatic carbocycles. The normalized spacial score (nSPS) is 17.7. The van der Waals surface area contributed by atoms with Crippen LogP contribution in [-0.4, -0.2) is 35.1 Å². The molecule has 1 aliphatic carbocycles. The third-order valence-corrected chi connectivity index (χ3v) is 2.68. The third-order valence-electron chi connectivity index (χ3n) is 2.14. The number of halogens is 1. The molecule has 0 bridgehead atoms. The Balaban J connectivity index is 2.01. The van der Waals surface area contributed by atoms with Gasteiger partial charge in [0, 0.05) is 23.7 Å². The molecule has 0 heterocycles. The van der Waals surface area contributed by atoms with Gasteiger partial charge in [-0.1, -0.05) is 29.5 Å². The molecule has 2 nitrogen and oxygen atoms in total. The molecule has 0 spiro atoms. The predicted octanol–water partition coefficient (Wildman–Crippen LogP) is 1.45. The number of alkyl halides is 1. The molecule has 0 radical (unpaired) electrons. The first-order valence-electron chi connectivity index (χ1n) is 4.39. The smallest absolute Gasteiger partial charge is 0.0480 e. The molecule has 11 heavy (non-hydrogen) atoms. The SMILES string of the molecule is CCN(CCNCI)C1CC1. The zero-order valence-electron chi connectivity index (χ0n) is 7.15. The van der Waals surface area contributed by atoms with Gasteiger partial charge in [-0.2, -0.15) is 0 Å². The van der Waals surface area contributed by atoms with Gasteiger partial charge in [-0.3, -0.25) is 4.90 Å². The van der Waals surface area contributed by atoms with Crippen molar-refractivity contribution in [1.82, 2.24) is 10.2 Å². The summed E-state index contributed by atoms with van der Waals surface area (Å²) in [6.07, 6.45) is 2.86. The summed E-state index contributed by atoms with van der Waals surface area (Å²) in [5.74, 6) is 0. The maximum Gasteiger partial charge on any atom is 0.0480 e. The Labute approximate surface area is 82.9 Å². The van der Waals surface area contributed by atoms with Gasteiger partial charge in [-0.05, 0) is 19.4 Å². The van der Waals surface area contributed by atoms with Gasteiger partial charge in [0.2, 0.25) is 0 Å². The lowest BCUT2D eigenvalue weighted by atomic mass is 10.4. The summed E-state index contributed by atoms with van der Waals surface area (Å²) in [6, 6.07) is 0.927. The van der Waals surface area contributed by atoms with E-state index in [1.807, 2.05) is 0 Å². The lowest BCUT2D eigenvalue weighted by Crippen LogP contribution is -2.33. The minimum absolute atomic E-state index is 0.927. The van der Waals surface area contributed by atoms with E-state index in [0.717, 1.165) is 17.1 Å². The molecule has 0 saturated heterocycles. The van der Waals surface area contributed by atoms with Crippen LogP contribution in [0.1, 0.15) is 19.8 Å². The summed E-state index contributed by atoms with van der Waals surface area (Å²) in [7, 11) is 0. The van der Waals surface area contributed by atoms with Crippen LogP contribution in [0.5, 0.6) is 0 Å². The van der Waals surface area contributed by atoms with Gasteiger partial charge >= 0.3 is 0 Å². The second-order valence-corrected chi connectivity index (χ2v) is 3.76. The van der Waals surface area contributed by atoms with Crippen LogP contribution in [0, 0.1) is 0 Å². The highest BCUT2D eigenvalue weighted by atomic mass is 127. The fraction of sp³-hybridized carbons (Fsp3) is 1.00. The molecule has 1 saturated carbocycles. The van der Waals surface area contributed by atoms with E-state index in [-0.39, 0.29) is 0 Å². The van der Waals surface area contributed by atoms with Crippen LogP contribution in [0.15, 0.2) is 0 Å². The van der Waals surface area contributed by atoms with Crippen molar-refractivity contribution in [1.29, 1.82) is 0 Å². The molecule has 1 fully saturated rings. The van der Waals surface area contributed by atoms with Crippen molar-refractivity contribution >= 4 is 22.6 Å². The Kier molecular flexibility index (Phi) is 4.71. The molecule has 0 aliphatic heterocycles. The summed E-state index contributed by atoms with van der Waals surface area (Å²) in [4.78, 5) is 2.57. The van der Waals surface area contributed by atoms with Crippen LogP contribution in [0.4, 0.5) is 0 Å². The summed E-state index contributed by atoms with van der Waals surface area (Å²) in [6.45, 7) is 5.84. The fourth-order valence-electron chi connectivity index (χ4n) is 1.33. The minimum Gasteiger partial charge on any atom is -0.307 e. The summed E-state index contributed by atoms with van der Waals surface area (Å²) in [5.41, 5.74) is 0. The summed E-state index contributed by atoms with van der Waals surface area (Å²) in [5, 5.41) is 3.34. The quantitative estimate of drug-likeness (QED) is 0.339. The average molecular weight is 268 g/mol. The van der Waals surface area contributed by atoms with Gasteiger partial charge in [0.1, 0.15) is 0 Å². The van der Waals surface area contributed by atoms with Gasteiger partial charge in [0.15, 0.2) is 0 Å². The highest BCUT2D eigenvalue weighted by Crippen LogP contribution is 2.25. The Morgan fingerprint density at radius 1 is 1.55 bits per heavy atom. The van der Waals surface area contributed by atoms with Crippen molar-refractivity contribution in [2.45, 2.75) is 25.8 Å². The van der Waals surface area contributed by atoms with Crippen molar-refractivity contribution < 1.29 is 0 Å². The molecular weight excluding hydrogens is 251 g/mol. The first kappa shape index (κ1) is 9.74. The van der Waals surface area contributed by atoms with Crippen molar-refractivity contribution in [3.8, 4) is 0 Å². The monoisotopic (exact) mass is 268 g/mol. The van der Waals surface area contributed by atoms with Crippen molar-refractivity contribution in [2.24, 2.45) is 0 Å². The Morgan fingerprint density at radius 3 is 2.73 bits per heavy atom. The second kappa shape index (κ2) is 5.32. The predicted molar refractivity (Wildman–Crippen MR) is 57.2 cm³/mol. The number of likely N-dealkylation sites (N-methyl/N-ethyl adjacent to an activating group) is 1. The lowest BCUT2D eigenvalue weighted by molar-refractivity contribution is 0.279. The number of nitrogens with one attached hydrogen (secondary N) is 1. The van der Waals surface area contributed by atoms with E-state index in [0.29, 0.717) is 0 Å². The van der Waals surface area contributed by atoms with Crippen LogP contribution in [-0.2, 0) is 0 Å². The highest BCUT2D eigenvalue weighted by molar-refractivity contribution is 14.1. The molecular formula is C8H17IN2. The van der Waals surface area contributed by atoms with Crippen molar-refractivity contribution in [3.05, 3.63) is 0 Å². The fourth-order valence-corrected chi connectivity index (χ4v) is 1.71. The number of hydrogen-bond donors (Lipinski definition) is 1. The van der Waals surface area contributed by atoms with E-state index in [4.69, 9.17) is 0 Å². The summed E-state index contributed by atoms with van der Waals surface area (Å²) < 4.78 is 1.07. The van der Waals surface area contributed by atoms with Crippen LogP contribution >= 0.6 is 22.6 Å². The summed E-state index contributed by atoms with van der Waals surface area (Å²) >= 11 is 2.35. The molecule has 1 N–H and O–H groups in total. The molecule has 0 aromatic heterocycles. The van der Waals surface area contributed by atoms with Crippen LogP contribution in [0.25, 0.3) is 0 Å². The molecule has 0 amide bonds. The van der Waals surface area contributed by atoms with Gasteiger partial charge in [0.25, 0.3) is 0 Å². The molecule has 1 rings (SSSR count). The molecule has 1 aliphatic rings. The van der Waals surface area contributed by atoms with Gasteiger partial charge in [0.05, 0.1) is 0 Å². The first-order chi connectivity index (χ1) is 5.38. The zero-order chi connectivity index (χ0) is 8.10. The van der Waals surface area contributed by atoms with Gasteiger partial charge in [-0.15, -0.1) is 0 Å². The third kappa shape index (κ3) is 3.71. The van der Waals surface area contributed by atoms with E-state index < -0.39 is 0 Å². The Hall–Kier alpha value is 0.650. The largest absolute Gasteiger partial charge is 0.307 e. The molecule has 0 unspecified atom stereocenters. The zero-order valence-corrected chi connectivity index (χ0v) is 9.30. The van der Waals surface area contributed by atoms with E-state index in [9.17, 15) is 0 Å². The molecule has 0 aromatic rings. The van der Waals surface area contributed by atoms with Crippen LogP contribution in [0.2, 0.25) is 0 Å². The second-order valence-electron chi connectivity index (χ2n) is 2.99. The standard InChI is InChI=1S/C8H17IN2/c1-2-11(8-3-4-8)6-5-10-7-9/h8,10H,2-7H2,1H3. The first-order valence-corrected chi connectivity index (χ1v) is 5.91. The lowest BCUT2D eigenvalue weighted by Gasteiger charge is -2.19. The minimum atomic E-state index is 0.927.